The number of phenols is 1. The molecule has 2 N–H and O–H groups in total. The molecule has 31 heavy (non-hydrogen) atoms. The van der Waals surface area contributed by atoms with E-state index in [0.717, 1.165) is 17.7 Å². The number of halogens is 1. The Morgan fingerprint density at radius 3 is 2.90 bits per heavy atom. The van der Waals surface area contributed by atoms with E-state index in [0.29, 0.717) is 38.0 Å². The van der Waals surface area contributed by atoms with Gasteiger partial charge >= 0.3 is 10.2 Å². The van der Waals surface area contributed by atoms with Crippen molar-refractivity contribution >= 4 is 10.2 Å². The molecule has 5 atom stereocenters. The minimum absolute atomic E-state index is 0.0407. The van der Waals surface area contributed by atoms with Crippen LogP contribution in [0.25, 0.3) is 0 Å². The van der Waals surface area contributed by atoms with Crippen LogP contribution in [0.2, 0.25) is 0 Å². The van der Waals surface area contributed by atoms with E-state index in [4.69, 9.17) is 4.74 Å². The number of rotatable bonds is 6. The minimum Gasteiger partial charge on any atom is -0.504 e. The van der Waals surface area contributed by atoms with Crippen molar-refractivity contribution in [2.45, 2.75) is 54.9 Å². The molecule has 5 rings (SSSR count). The maximum absolute atomic E-state index is 13.2. The quantitative estimate of drug-likeness (QED) is 0.497. The van der Waals surface area contributed by atoms with Crippen LogP contribution in [0.1, 0.15) is 30.4 Å². The number of piperidine rings is 1. The summed E-state index contributed by atoms with van der Waals surface area (Å²) in [7, 11) is -2.80. The van der Waals surface area contributed by atoms with Gasteiger partial charge in [0, 0.05) is 30.7 Å². The summed E-state index contributed by atoms with van der Waals surface area (Å²) in [6.07, 6.45) is 3.86. The van der Waals surface area contributed by atoms with Crippen molar-refractivity contribution in [1.82, 2.24) is 9.80 Å². The molecule has 2 aliphatic carbocycles. The first-order chi connectivity index (χ1) is 14.6. The summed E-state index contributed by atoms with van der Waals surface area (Å²) in [5, 5.41) is 22.8. The lowest BCUT2D eigenvalue weighted by Gasteiger charge is -2.64. The second-order valence-electron chi connectivity index (χ2n) is 9.47. The van der Waals surface area contributed by atoms with Gasteiger partial charge in [-0.05, 0) is 50.9 Å². The molecular formula is C22H29FN2O5S. The fourth-order valence-electron chi connectivity index (χ4n) is 6.86. The minimum atomic E-state index is -4.58. The molecule has 9 heteroatoms. The number of hydrogen-bond acceptors (Lipinski definition) is 7. The van der Waals surface area contributed by atoms with Crippen LogP contribution in [0.5, 0.6) is 11.5 Å². The van der Waals surface area contributed by atoms with Crippen LogP contribution in [0.4, 0.5) is 3.89 Å². The topological polar surface area (TPSA) is 90.3 Å². The summed E-state index contributed by atoms with van der Waals surface area (Å²) in [6, 6.07) is 3.28. The first-order valence-corrected chi connectivity index (χ1v) is 12.4. The SMILES string of the molecule is C=CCN1CC[C@]23c4c5ccc(O)c4OC2[C@H](N(C)CCS(=O)(=O)F)CC[C@@]3(O)C1C5. The van der Waals surface area contributed by atoms with Crippen molar-refractivity contribution in [3.8, 4) is 11.5 Å². The average molecular weight is 453 g/mol. The molecule has 7 nitrogen and oxygen atoms in total. The van der Waals surface area contributed by atoms with Gasteiger partial charge in [-0.25, -0.2) is 0 Å². The third-order valence-electron chi connectivity index (χ3n) is 8.16. The van der Waals surface area contributed by atoms with E-state index in [-0.39, 0.29) is 24.4 Å². The summed E-state index contributed by atoms with van der Waals surface area (Å²) in [5.41, 5.74) is 0.260. The predicted molar refractivity (Wildman–Crippen MR) is 114 cm³/mol. The van der Waals surface area contributed by atoms with Gasteiger partial charge in [-0.3, -0.25) is 9.80 Å². The van der Waals surface area contributed by atoms with E-state index >= 15 is 0 Å². The molecule has 0 radical (unpaired) electrons. The Morgan fingerprint density at radius 1 is 1.42 bits per heavy atom. The van der Waals surface area contributed by atoms with Crippen LogP contribution in [0, 0.1) is 0 Å². The van der Waals surface area contributed by atoms with Gasteiger partial charge in [-0.1, -0.05) is 12.1 Å². The summed E-state index contributed by atoms with van der Waals surface area (Å²) in [4.78, 5) is 4.11. The van der Waals surface area contributed by atoms with Crippen LogP contribution in [-0.2, 0) is 22.1 Å². The Labute approximate surface area is 182 Å². The van der Waals surface area contributed by atoms with Gasteiger partial charge in [0.15, 0.2) is 11.5 Å². The zero-order chi connectivity index (χ0) is 22.2. The first-order valence-electron chi connectivity index (χ1n) is 10.8. The maximum atomic E-state index is 13.2. The number of likely N-dealkylation sites (tertiary alicyclic amines) is 1. The number of aromatic hydroxyl groups is 1. The Bertz CT molecular complexity index is 1030. The lowest BCUT2D eigenvalue weighted by Crippen LogP contribution is -2.78. The Morgan fingerprint density at radius 2 is 2.19 bits per heavy atom. The van der Waals surface area contributed by atoms with E-state index < -0.39 is 33.1 Å². The van der Waals surface area contributed by atoms with Crippen molar-refractivity contribution < 1.29 is 27.3 Å². The number of phenolic OH excluding ortho intramolecular Hbond substituents is 1. The molecule has 170 valence electrons. The third-order valence-corrected chi connectivity index (χ3v) is 8.83. The van der Waals surface area contributed by atoms with E-state index in [2.05, 4.69) is 11.5 Å². The molecular weight excluding hydrogens is 423 g/mol. The lowest BCUT2D eigenvalue weighted by atomic mass is 9.48. The second-order valence-corrected chi connectivity index (χ2v) is 11.0. The van der Waals surface area contributed by atoms with E-state index in [1.165, 1.54) is 0 Å². The van der Waals surface area contributed by atoms with Gasteiger partial charge in [0.1, 0.15) is 6.10 Å². The maximum Gasteiger partial charge on any atom is 0.303 e. The monoisotopic (exact) mass is 452 g/mol. The zero-order valence-corrected chi connectivity index (χ0v) is 18.4. The zero-order valence-electron chi connectivity index (χ0n) is 17.6. The first kappa shape index (κ1) is 21.2. The molecule has 2 heterocycles. The number of nitrogens with zero attached hydrogens (tertiary/aromatic N) is 2. The molecule has 0 aromatic heterocycles. The second kappa shape index (κ2) is 6.91. The van der Waals surface area contributed by atoms with Gasteiger partial charge in [0.05, 0.1) is 16.8 Å². The van der Waals surface area contributed by atoms with Gasteiger partial charge in [-0.15, -0.1) is 10.5 Å². The Balaban J connectivity index is 1.61. The molecule has 0 amide bonds. The van der Waals surface area contributed by atoms with Gasteiger partial charge in [-0.2, -0.15) is 8.42 Å². The normalized spacial score (nSPS) is 36.2. The van der Waals surface area contributed by atoms with E-state index in [1.54, 1.807) is 13.1 Å². The van der Waals surface area contributed by atoms with Crippen LogP contribution < -0.4 is 4.74 Å². The molecule has 4 aliphatic rings. The molecule has 2 aliphatic heterocycles. The standard InChI is InChI=1S/C22H29FN2O5S/c1-3-9-25-10-8-21-18-14-4-5-16(26)19(18)30-20(21)15(24(2)11-12-31(23,28)29)6-7-22(21,27)17(25)13-14/h3-5,15,17,20,26-27H,1,6-13H2,2H3/t15-,17?,20?,21+,22-/m1/s1. The smallest absolute Gasteiger partial charge is 0.303 e. The van der Waals surface area contributed by atoms with Gasteiger partial charge in [0.25, 0.3) is 0 Å². The number of benzene rings is 1. The molecule has 1 spiro atoms. The molecule has 2 bridgehead atoms. The van der Waals surface area contributed by atoms with Crippen LogP contribution in [0.15, 0.2) is 24.8 Å². The summed E-state index contributed by atoms with van der Waals surface area (Å²) < 4.78 is 41.8. The summed E-state index contributed by atoms with van der Waals surface area (Å²) in [6.45, 7) is 5.37. The van der Waals surface area contributed by atoms with Crippen molar-refractivity contribution in [3.63, 3.8) is 0 Å². The molecule has 1 saturated heterocycles. The number of aliphatic hydroxyl groups is 1. The number of likely N-dealkylation sites (N-methyl/N-ethyl adjacent to an activating group) is 1. The molecule has 1 aromatic rings. The third kappa shape index (κ3) is 2.83. The van der Waals surface area contributed by atoms with Crippen LogP contribution >= 0.6 is 0 Å². The highest BCUT2D eigenvalue weighted by molar-refractivity contribution is 7.86. The number of ether oxygens (including phenoxy) is 1. The van der Waals surface area contributed by atoms with Crippen molar-refractivity contribution in [1.29, 1.82) is 0 Å². The van der Waals surface area contributed by atoms with Gasteiger partial charge < -0.3 is 14.9 Å². The number of hydrogen-bond donors (Lipinski definition) is 2. The van der Waals surface area contributed by atoms with Crippen LogP contribution in [-0.4, -0.2) is 84.7 Å². The molecule has 1 aromatic carbocycles. The fourth-order valence-corrected chi connectivity index (χ4v) is 7.37. The Kier molecular flexibility index (Phi) is 4.72. The van der Waals surface area contributed by atoms with E-state index in [1.807, 2.05) is 17.0 Å². The Hall–Kier alpha value is -1.68. The summed E-state index contributed by atoms with van der Waals surface area (Å²) in [5.74, 6) is -0.0806. The molecule has 2 unspecified atom stereocenters. The average Bonchev–Trinajstić information content (AvgIpc) is 3.05. The summed E-state index contributed by atoms with van der Waals surface area (Å²) >= 11 is 0. The lowest BCUT2D eigenvalue weighted by molar-refractivity contribution is -0.197. The highest BCUT2D eigenvalue weighted by atomic mass is 32.3. The van der Waals surface area contributed by atoms with Crippen molar-refractivity contribution in [2.75, 3.05) is 32.4 Å². The van der Waals surface area contributed by atoms with Crippen LogP contribution in [0.3, 0.4) is 0 Å². The van der Waals surface area contributed by atoms with E-state index in [9.17, 15) is 22.5 Å². The van der Waals surface area contributed by atoms with Crippen molar-refractivity contribution in [2.24, 2.45) is 0 Å². The highest BCUT2D eigenvalue weighted by Crippen LogP contribution is 2.65. The fraction of sp³-hybridized carbons (Fsp3) is 0.636. The van der Waals surface area contributed by atoms with Crippen molar-refractivity contribution in [3.05, 3.63) is 35.9 Å². The predicted octanol–water partition coefficient (Wildman–Crippen LogP) is 1.33. The largest absolute Gasteiger partial charge is 0.504 e. The molecule has 1 saturated carbocycles. The van der Waals surface area contributed by atoms with Gasteiger partial charge in [0.2, 0.25) is 0 Å². The molecule has 2 fully saturated rings. The highest BCUT2D eigenvalue weighted by Gasteiger charge is 2.73.